The molecule has 7 heteroatoms. The molecule has 0 saturated carbocycles. The highest BCUT2D eigenvalue weighted by molar-refractivity contribution is 5.48. The van der Waals surface area contributed by atoms with Crippen LogP contribution in [0.4, 0.5) is 11.6 Å². The van der Waals surface area contributed by atoms with Crippen LogP contribution in [0.15, 0.2) is 29.1 Å². The molecule has 3 aliphatic heterocycles. The number of rotatable bonds is 4. The maximum Gasteiger partial charge on any atom is 0.255 e. The maximum atomic E-state index is 12.7. The number of nitrogens with one attached hydrogen (secondary N) is 1. The Labute approximate surface area is 184 Å². The van der Waals surface area contributed by atoms with Crippen molar-refractivity contribution in [1.82, 2.24) is 14.9 Å². The number of ether oxygens (including phenoxy) is 1. The predicted molar refractivity (Wildman–Crippen MR) is 123 cm³/mol. The van der Waals surface area contributed by atoms with Gasteiger partial charge in [-0.3, -0.25) is 14.7 Å². The van der Waals surface area contributed by atoms with Crippen molar-refractivity contribution in [2.45, 2.75) is 39.3 Å². The summed E-state index contributed by atoms with van der Waals surface area (Å²) in [4.78, 5) is 27.7. The molecular formula is C24H33N5O2. The first kappa shape index (κ1) is 20.5. The Morgan fingerprint density at radius 3 is 2.52 bits per heavy atom. The van der Waals surface area contributed by atoms with Crippen LogP contribution >= 0.6 is 0 Å². The molecule has 0 atom stereocenters. The van der Waals surface area contributed by atoms with Gasteiger partial charge in [-0.1, -0.05) is 19.1 Å². The normalized spacial score (nSPS) is 20.7. The molecule has 2 fully saturated rings. The molecule has 166 valence electrons. The Hall–Kier alpha value is -2.38. The van der Waals surface area contributed by atoms with Gasteiger partial charge in [-0.2, -0.15) is 0 Å². The van der Waals surface area contributed by atoms with Crippen LogP contribution in [0.3, 0.4) is 0 Å². The minimum Gasteiger partial charge on any atom is -0.378 e. The van der Waals surface area contributed by atoms with Crippen LogP contribution < -0.4 is 15.4 Å². The number of fused-ring (bicyclic) bond motifs is 1. The van der Waals surface area contributed by atoms with Crippen LogP contribution in [0, 0.1) is 5.92 Å². The first-order valence-electron chi connectivity index (χ1n) is 11.7. The van der Waals surface area contributed by atoms with E-state index >= 15 is 0 Å². The van der Waals surface area contributed by atoms with E-state index in [1.165, 1.54) is 11.3 Å². The smallest absolute Gasteiger partial charge is 0.255 e. The minimum atomic E-state index is 0.0492. The van der Waals surface area contributed by atoms with Crippen LogP contribution in [-0.2, 0) is 24.2 Å². The average Bonchev–Trinajstić information content (AvgIpc) is 2.80. The molecule has 2 saturated heterocycles. The van der Waals surface area contributed by atoms with Crippen LogP contribution in [0.2, 0.25) is 0 Å². The van der Waals surface area contributed by atoms with Gasteiger partial charge in [0.05, 0.1) is 18.9 Å². The number of piperidine rings is 1. The van der Waals surface area contributed by atoms with Crippen molar-refractivity contribution in [1.29, 1.82) is 0 Å². The molecule has 0 radical (unpaired) electrons. The topological polar surface area (TPSA) is 64.7 Å². The summed E-state index contributed by atoms with van der Waals surface area (Å²) >= 11 is 0. The third-order valence-electron chi connectivity index (χ3n) is 6.94. The monoisotopic (exact) mass is 423 g/mol. The number of anilines is 2. The van der Waals surface area contributed by atoms with Crippen molar-refractivity contribution in [3.05, 3.63) is 51.4 Å². The largest absolute Gasteiger partial charge is 0.378 e. The first-order valence-corrected chi connectivity index (χ1v) is 11.7. The molecule has 0 unspecified atom stereocenters. The van der Waals surface area contributed by atoms with E-state index in [-0.39, 0.29) is 5.56 Å². The lowest BCUT2D eigenvalue weighted by Crippen LogP contribution is -2.39. The Morgan fingerprint density at radius 2 is 1.77 bits per heavy atom. The Kier molecular flexibility index (Phi) is 5.96. The quantitative estimate of drug-likeness (QED) is 0.815. The van der Waals surface area contributed by atoms with E-state index in [9.17, 15) is 4.79 Å². The van der Waals surface area contributed by atoms with Gasteiger partial charge >= 0.3 is 0 Å². The number of hydrogen-bond acceptors (Lipinski definition) is 6. The van der Waals surface area contributed by atoms with Gasteiger partial charge in [0.25, 0.3) is 5.56 Å². The molecule has 0 amide bonds. The van der Waals surface area contributed by atoms with Gasteiger partial charge in [0.15, 0.2) is 0 Å². The zero-order chi connectivity index (χ0) is 21.2. The van der Waals surface area contributed by atoms with E-state index in [0.29, 0.717) is 0 Å². The van der Waals surface area contributed by atoms with E-state index in [1.807, 2.05) is 0 Å². The molecule has 1 aromatic heterocycles. The van der Waals surface area contributed by atoms with Gasteiger partial charge in [-0.05, 0) is 42.9 Å². The molecule has 5 rings (SSSR count). The van der Waals surface area contributed by atoms with Crippen LogP contribution in [0.5, 0.6) is 0 Å². The summed E-state index contributed by atoms with van der Waals surface area (Å²) in [6.45, 7) is 10.3. The summed E-state index contributed by atoms with van der Waals surface area (Å²) in [5, 5.41) is 0. The van der Waals surface area contributed by atoms with Crippen LogP contribution in [-0.4, -0.2) is 60.8 Å². The van der Waals surface area contributed by atoms with Gasteiger partial charge in [0, 0.05) is 57.1 Å². The molecule has 1 aromatic carbocycles. The van der Waals surface area contributed by atoms with Crippen LogP contribution in [0.1, 0.15) is 36.6 Å². The highest BCUT2D eigenvalue weighted by Gasteiger charge is 2.24. The molecule has 7 nitrogen and oxygen atoms in total. The lowest BCUT2D eigenvalue weighted by molar-refractivity contribution is 0.122. The third-order valence-corrected chi connectivity index (χ3v) is 6.94. The molecule has 31 heavy (non-hydrogen) atoms. The molecule has 0 bridgehead atoms. The number of nitrogens with zero attached hydrogens (tertiary/aromatic N) is 4. The number of morpholine rings is 1. The summed E-state index contributed by atoms with van der Waals surface area (Å²) < 4.78 is 5.45. The summed E-state index contributed by atoms with van der Waals surface area (Å²) in [7, 11) is 0. The molecule has 0 spiro atoms. The SMILES string of the molecule is CC1CCN(c2nc3c(c(=O)[nH]2)CCN(Cc2ccc(N4CCOCC4)cc2)C3)CC1. The predicted octanol–water partition coefficient (Wildman–Crippen LogP) is 2.40. The summed E-state index contributed by atoms with van der Waals surface area (Å²) in [5.41, 5.74) is 4.44. The molecule has 1 N–H and O–H groups in total. The fraction of sp³-hybridized carbons (Fsp3) is 0.583. The number of aromatic nitrogens is 2. The van der Waals surface area contributed by atoms with E-state index in [0.717, 1.165) is 101 Å². The first-order chi connectivity index (χ1) is 15.2. The van der Waals surface area contributed by atoms with Crippen molar-refractivity contribution in [3.63, 3.8) is 0 Å². The zero-order valence-electron chi connectivity index (χ0n) is 18.5. The fourth-order valence-electron chi connectivity index (χ4n) is 4.88. The van der Waals surface area contributed by atoms with E-state index < -0.39 is 0 Å². The summed E-state index contributed by atoms with van der Waals surface area (Å²) in [6, 6.07) is 8.89. The van der Waals surface area contributed by atoms with Gasteiger partial charge in [-0.15, -0.1) is 0 Å². The Balaban J connectivity index is 1.26. The fourth-order valence-corrected chi connectivity index (χ4v) is 4.88. The van der Waals surface area contributed by atoms with E-state index in [2.05, 4.69) is 50.9 Å². The number of benzene rings is 1. The second-order valence-electron chi connectivity index (χ2n) is 9.21. The van der Waals surface area contributed by atoms with Crippen molar-refractivity contribution in [3.8, 4) is 0 Å². The standard InChI is InChI=1S/C24H33N5O2/c1-18-6-10-29(11-7-18)24-25-22-17-27(9-8-21(22)23(30)26-24)16-19-2-4-20(5-3-19)28-12-14-31-15-13-28/h2-5,18H,6-17H2,1H3,(H,25,26,30). The maximum absolute atomic E-state index is 12.7. The number of aromatic amines is 1. The number of hydrogen-bond donors (Lipinski definition) is 1. The van der Waals surface area contributed by atoms with Crippen molar-refractivity contribution in [2.75, 3.05) is 55.7 Å². The average molecular weight is 424 g/mol. The lowest BCUT2D eigenvalue weighted by Gasteiger charge is -2.32. The zero-order valence-corrected chi connectivity index (χ0v) is 18.5. The highest BCUT2D eigenvalue weighted by atomic mass is 16.5. The second-order valence-corrected chi connectivity index (χ2v) is 9.21. The Morgan fingerprint density at radius 1 is 1.03 bits per heavy atom. The summed E-state index contributed by atoms with van der Waals surface area (Å²) in [5.74, 6) is 1.51. The van der Waals surface area contributed by atoms with Gasteiger partial charge in [0.2, 0.25) is 5.95 Å². The minimum absolute atomic E-state index is 0.0492. The van der Waals surface area contributed by atoms with Crippen molar-refractivity contribution >= 4 is 11.6 Å². The van der Waals surface area contributed by atoms with E-state index in [1.54, 1.807) is 0 Å². The molecule has 4 heterocycles. The van der Waals surface area contributed by atoms with Gasteiger partial charge in [-0.25, -0.2) is 4.98 Å². The molecule has 3 aliphatic rings. The highest BCUT2D eigenvalue weighted by Crippen LogP contribution is 2.23. The second kappa shape index (κ2) is 9.01. The van der Waals surface area contributed by atoms with Gasteiger partial charge < -0.3 is 14.5 Å². The summed E-state index contributed by atoms with van der Waals surface area (Å²) in [6.07, 6.45) is 3.08. The van der Waals surface area contributed by atoms with Gasteiger partial charge in [0.1, 0.15) is 0 Å². The van der Waals surface area contributed by atoms with E-state index in [4.69, 9.17) is 9.72 Å². The van der Waals surface area contributed by atoms with Crippen molar-refractivity contribution in [2.24, 2.45) is 5.92 Å². The van der Waals surface area contributed by atoms with Crippen LogP contribution in [0.25, 0.3) is 0 Å². The Bertz CT molecular complexity index is 943. The third kappa shape index (κ3) is 4.62. The molecule has 0 aliphatic carbocycles. The molecular weight excluding hydrogens is 390 g/mol. The number of H-pyrrole nitrogens is 1. The van der Waals surface area contributed by atoms with Crippen molar-refractivity contribution < 1.29 is 4.74 Å². The lowest BCUT2D eigenvalue weighted by atomic mass is 9.99. The molecule has 2 aromatic rings.